The van der Waals surface area contributed by atoms with Gasteiger partial charge in [-0.3, -0.25) is 0 Å². The van der Waals surface area contributed by atoms with E-state index in [0.29, 0.717) is 24.0 Å². The van der Waals surface area contributed by atoms with Gasteiger partial charge in [0.15, 0.2) is 0 Å². The monoisotopic (exact) mass is 470 g/mol. The first-order valence-electron chi connectivity index (χ1n) is 13.0. The third kappa shape index (κ3) is 8.40. The molecule has 2 aliphatic rings. The van der Waals surface area contributed by atoms with Crippen molar-refractivity contribution in [2.45, 2.75) is 103 Å². The Morgan fingerprint density at radius 1 is 0.788 bits per heavy atom. The van der Waals surface area contributed by atoms with E-state index in [0.717, 1.165) is 24.2 Å². The highest BCUT2D eigenvalue weighted by atomic mass is 19.4. The molecule has 0 saturated heterocycles. The Morgan fingerprint density at radius 2 is 1.30 bits per heavy atom. The Balaban J connectivity index is 1.41. The zero-order chi connectivity index (χ0) is 23.8. The Bertz CT molecular complexity index is 727. The van der Waals surface area contributed by atoms with Crippen molar-refractivity contribution in [2.75, 3.05) is 0 Å². The molecule has 0 radical (unpaired) electrons. The normalized spacial score (nSPS) is 26.7. The molecular weight excluding hydrogens is 431 g/mol. The quantitative estimate of drug-likeness (QED) is 0.249. The molecule has 0 aromatic heterocycles. The van der Waals surface area contributed by atoms with Crippen LogP contribution in [-0.4, -0.2) is 6.18 Å². The molecule has 0 spiro atoms. The van der Waals surface area contributed by atoms with Crippen LogP contribution in [0.3, 0.4) is 0 Å². The fourth-order valence-electron chi connectivity index (χ4n) is 6.07. The smallest absolute Gasteiger partial charge is 0.206 e. The Hall–Kier alpha value is -1.39. The number of benzene rings is 1. The van der Waals surface area contributed by atoms with Crippen LogP contribution in [0.5, 0.6) is 0 Å². The van der Waals surface area contributed by atoms with Crippen LogP contribution in [0, 0.1) is 35.3 Å². The fourth-order valence-corrected chi connectivity index (χ4v) is 6.07. The minimum absolute atomic E-state index is 0.133. The van der Waals surface area contributed by atoms with Gasteiger partial charge in [-0.15, -0.1) is 0 Å². The maximum Gasteiger partial charge on any atom is 0.409 e. The number of unbranched alkanes of at least 4 members (excludes halogenated alkanes) is 2. The van der Waals surface area contributed by atoms with E-state index in [9.17, 15) is 22.0 Å². The van der Waals surface area contributed by atoms with Crippen molar-refractivity contribution < 1.29 is 22.0 Å². The standard InChI is InChI=1S/C28H39F5/c1-2-3-4-5-20-8-12-23(13-9-20)24-14-10-21(11-15-24)6-7-22-18-26(29)25(27(30)19-22)16-17-28(31,32)33/h16-21,23-24H,2-15H2,1H3. The number of aryl methyl sites for hydroxylation is 1. The summed E-state index contributed by atoms with van der Waals surface area (Å²) in [5.41, 5.74) is -0.102. The van der Waals surface area contributed by atoms with Gasteiger partial charge in [0.25, 0.3) is 0 Å². The van der Waals surface area contributed by atoms with Crippen molar-refractivity contribution in [1.29, 1.82) is 0 Å². The van der Waals surface area contributed by atoms with Crippen molar-refractivity contribution >= 4 is 6.08 Å². The maximum absolute atomic E-state index is 14.2. The lowest BCUT2D eigenvalue weighted by Crippen LogP contribution is -2.26. The van der Waals surface area contributed by atoms with Crippen molar-refractivity contribution in [1.82, 2.24) is 0 Å². The molecule has 2 aliphatic carbocycles. The molecule has 186 valence electrons. The first-order valence-corrected chi connectivity index (χ1v) is 13.0. The summed E-state index contributed by atoms with van der Waals surface area (Å²) in [6, 6.07) is 2.37. The van der Waals surface area contributed by atoms with Crippen LogP contribution in [0.25, 0.3) is 6.08 Å². The summed E-state index contributed by atoms with van der Waals surface area (Å²) < 4.78 is 65.2. The highest BCUT2D eigenvalue weighted by Crippen LogP contribution is 2.43. The molecule has 0 aliphatic heterocycles. The molecule has 1 aromatic rings. The van der Waals surface area contributed by atoms with Crippen LogP contribution in [0.1, 0.15) is 102 Å². The number of hydrogen-bond donors (Lipinski definition) is 0. The zero-order valence-corrected chi connectivity index (χ0v) is 19.9. The predicted molar refractivity (Wildman–Crippen MR) is 125 cm³/mol. The van der Waals surface area contributed by atoms with E-state index < -0.39 is 23.4 Å². The third-order valence-electron chi connectivity index (χ3n) is 8.08. The van der Waals surface area contributed by atoms with E-state index in [-0.39, 0.29) is 6.08 Å². The highest BCUT2D eigenvalue weighted by Gasteiger charge is 2.30. The number of alkyl halides is 3. The lowest BCUT2D eigenvalue weighted by atomic mass is 9.68. The summed E-state index contributed by atoms with van der Waals surface area (Å²) in [5, 5.41) is 0. The summed E-state index contributed by atoms with van der Waals surface area (Å²) in [6.45, 7) is 2.26. The Morgan fingerprint density at radius 3 is 1.79 bits per heavy atom. The van der Waals surface area contributed by atoms with Gasteiger partial charge in [0.1, 0.15) is 11.6 Å². The van der Waals surface area contributed by atoms with E-state index in [1.807, 2.05) is 0 Å². The molecule has 33 heavy (non-hydrogen) atoms. The second-order valence-corrected chi connectivity index (χ2v) is 10.4. The molecule has 3 rings (SSSR count). The van der Waals surface area contributed by atoms with Crippen LogP contribution in [-0.2, 0) is 6.42 Å². The summed E-state index contributed by atoms with van der Waals surface area (Å²) >= 11 is 0. The van der Waals surface area contributed by atoms with E-state index in [4.69, 9.17) is 0 Å². The van der Waals surface area contributed by atoms with E-state index in [1.54, 1.807) is 0 Å². The molecule has 5 heteroatoms. The minimum atomic E-state index is -4.59. The average Bonchev–Trinajstić information content (AvgIpc) is 2.77. The molecule has 0 amide bonds. The summed E-state index contributed by atoms with van der Waals surface area (Å²) in [6.07, 6.45) is 13.1. The molecule has 0 heterocycles. The van der Waals surface area contributed by atoms with Crippen molar-refractivity contribution in [2.24, 2.45) is 23.7 Å². The van der Waals surface area contributed by atoms with Crippen LogP contribution in [0.4, 0.5) is 22.0 Å². The van der Waals surface area contributed by atoms with Crippen LogP contribution >= 0.6 is 0 Å². The Kier molecular flexibility index (Phi) is 9.81. The summed E-state index contributed by atoms with van der Waals surface area (Å²) in [4.78, 5) is 0. The predicted octanol–water partition coefficient (Wildman–Crippen LogP) is 9.67. The fraction of sp³-hybridized carbons (Fsp3) is 0.714. The summed E-state index contributed by atoms with van der Waals surface area (Å²) in [7, 11) is 0. The third-order valence-corrected chi connectivity index (χ3v) is 8.08. The molecule has 2 saturated carbocycles. The molecule has 0 unspecified atom stereocenters. The van der Waals surface area contributed by atoms with Gasteiger partial charge in [0.05, 0.1) is 0 Å². The molecule has 0 N–H and O–H groups in total. The van der Waals surface area contributed by atoms with Gasteiger partial charge < -0.3 is 0 Å². The maximum atomic E-state index is 14.2. The second-order valence-electron chi connectivity index (χ2n) is 10.4. The van der Waals surface area contributed by atoms with E-state index in [1.165, 1.54) is 89.2 Å². The van der Waals surface area contributed by atoms with Gasteiger partial charge >= 0.3 is 6.18 Å². The second kappa shape index (κ2) is 12.4. The average molecular weight is 471 g/mol. The van der Waals surface area contributed by atoms with Gasteiger partial charge in [0.2, 0.25) is 0 Å². The van der Waals surface area contributed by atoms with Gasteiger partial charge in [-0.05, 0) is 86.0 Å². The zero-order valence-electron chi connectivity index (χ0n) is 19.9. The molecular formula is C28H39F5. The van der Waals surface area contributed by atoms with Crippen LogP contribution in [0.15, 0.2) is 18.2 Å². The lowest BCUT2D eigenvalue weighted by molar-refractivity contribution is -0.0790. The van der Waals surface area contributed by atoms with Gasteiger partial charge in [-0.2, -0.15) is 13.2 Å². The lowest BCUT2D eigenvalue weighted by Gasteiger charge is -2.38. The largest absolute Gasteiger partial charge is 0.409 e. The minimum Gasteiger partial charge on any atom is -0.206 e. The molecule has 1 aromatic carbocycles. The molecule has 2 fully saturated rings. The van der Waals surface area contributed by atoms with Crippen molar-refractivity contribution in [3.63, 3.8) is 0 Å². The van der Waals surface area contributed by atoms with Gasteiger partial charge in [-0.25, -0.2) is 8.78 Å². The number of rotatable bonds is 9. The highest BCUT2D eigenvalue weighted by molar-refractivity contribution is 5.52. The number of halogens is 5. The molecule has 0 bridgehead atoms. The van der Waals surface area contributed by atoms with Crippen molar-refractivity contribution in [3.05, 3.63) is 41.0 Å². The van der Waals surface area contributed by atoms with E-state index >= 15 is 0 Å². The van der Waals surface area contributed by atoms with Crippen molar-refractivity contribution in [3.8, 4) is 0 Å². The first-order chi connectivity index (χ1) is 15.7. The SMILES string of the molecule is CCCCCC1CCC(C2CCC(CCc3cc(F)c(C=CC(F)(F)F)c(F)c3)CC2)CC1. The number of allylic oxidation sites excluding steroid dienone is 1. The van der Waals surface area contributed by atoms with Crippen LogP contribution < -0.4 is 0 Å². The van der Waals surface area contributed by atoms with Crippen LogP contribution in [0.2, 0.25) is 0 Å². The molecule has 0 atom stereocenters. The number of hydrogen-bond acceptors (Lipinski definition) is 0. The topological polar surface area (TPSA) is 0 Å². The first kappa shape index (κ1) is 26.2. The van der Waals surface area contributed by atoms with Gasteiger partial charge in [0, 0.05) is 11.6 Å². The Labute approximate surface area is 196 Å². The molecule has 0 nitrogen and oxygen atoms in total. The van der Waals surface area contributed by atoms with E-state index in [2.05, 4.69) is 6.92 Å². The summed E-state index contributed by atoms with van der Waals surface area (Å²) in [5.74, 6) is 1.38. The van der Waals surface area contributed by atoms with Gasteiger partial charge in [-0.1, -0.05) is 58.3 Å².